The molecule has 0 unspecified atom stereocenters. The first kappa shape index (κ1) is 19.0. The quantitative estimate of drug-likeness (QED) is 0.503. The number of benzene rings is 2. The van der Waals surface area contributed by atoms with E-state index in [0.717, 1.165) is 11.3 Å². The van der Waals surface area contributed by atoms with E-state index in [0.29, 0.717) is 28.9 Å². The highest BCUT2D eigenvalue weighted by Gasteiger charge is 2.20. The zero-order valence-corrected chi connectivity index (χ0v) is 16.5. The molecule has 0 atom stereocenters. The van der Waals surface area contributed by atoms with Crippen LogP contribution in [0.5, 0.6) is 17.2 Å². The zero-order chi connectivity index (χ0) is 18.4. The van der Waals surface area contributed by atoms with Gasteiger partial charge in [-0.25, -0.2) is 0 Å². The number of ether oxygens (including phenoxy) is 3. The molecule has 26 heavy (non-hydrogen) atoms. The van der Waals surface area contributed by atoms with Crippen molar-refractivity contribution < 1.29 is 19.0 Å². The monoisotopic (exact) mass is 390 g/mol. The van der Waals surface area contributed by atoms with Crippen LogP contribution < -0.4 is 14.2 Å². The highest BCUT2D eigenvalue weighted by Crippen LogP contribution is 2.46. The second-order valence-corrected chi connectivity index (χ2v) is 8.53. The molecule has 0 aliphatic carbocycles. The van der Waals surface area contributed by atoms with Crippen LogP contribution in [0, 0.1) is 0 Å². The van der Waals surface area contributed by atoms with Gasteiger partial charge < -0.3 is 14.2 Å². The zero-order valence-electron chi connectivity index (χ0n) is 14.9. The van der Waals surface area contributed by atoms with E-state index < -0.39 is 0 Å². The van der Waals surface area contributed by atoms with Gasteiger partial charge >= 0.3 is 5.97 Å². The van der Waals surface area contributed by atoms with E-state index in [1.807, 2.05) is 66.0 Å². The summed E-state index contributed by atoms with van der Waals surface area (Å²) in [5.74, 6) is 3.95. The van der Waals surface area contributed by atoms with Crippen LogP contribution in [0.1, 0.15) is 22.1 Å². The van der Waals surface area contributed by atoms with Crippen LogP contribution in [0.2, 0.25) is 0 Å². The highest BCUT2D eigenvalue weighted by molar-refractivity contribution is 8.19. The minimum absolute atomic E-state index is 0.267. The van der Waals surface area contributed by atoms with Gasteiger partial charge in [-0.1, -0.05) is 18.2 Å². The summed E-state index contributed by atoms with van der Waals surface area (Å²) in [6.45, 7) is 0. The van der Waals surface area contributed by atoms with Crippen molar-refractivity contribution in [1.29, 1.82) is 0 Å². The number of hydrogen-bond acceptors (Lipinski definition) is 6. The summed E-state index contributed by atoms with van der Waals surface area (Å²) in [5, 5.41) is 0. The largest absolute Gasteiger partial charge is 0.497 e. The number of methoxy groups -OCH3 is 2. The average Bonchev–Trinajstić information content (AvgIpc) is 3.22. The summed E-state index contributed by atoms with van der Waals surface area (Å²) in [6.07, 6.45) is 0.935. The molecule has 1 fully saturated rings. The Kier molecular flexibility index (Phi) is 6.74. The SMILES string of the molecule is COc1ccc(CCC(=O)Oc2ccc(C3SCCS3)cc2OC)cc1. The van der Waals surface area contributed by atoms with Crippen molar-refractivity contribution in [2.24, 2.45) is 0 Å². The number of thioether (sulfide) groups is 2. The molecule has 1 saturated heterocycles. The molecule has 0 radical (unpaired) electrons. The van der Waals surface area contributed by atoms with Gasteiger partial charge in [-0.05, 0) is 41.8 Å². The lowest BCUT2D eigenvalue weighted by atomic mass is 10.1. The summed E-state index contributed by atoms with van der Waals surface area (Å²) in [4.78, 5) is 12.2. The van der Waals surface area contributed by atoms with Crippen molar-refractivity contribution in [3.05, 3.63) is 53.6 Å². The van der Waals surface area contributed by atoms with E-state index in [4.69, 9.17) is 14.2 Å². The number of rotatable bonds is 7. The van der Waals surface area contributed by atoms with Crippen LogP contribution in [-0.2, 0) is 11.2 Å². The van der Waals surface area contributed by atoms with Crippen molar-refractivity contribution >= 4 is 29.5 Å². The summed E-state index contributed by atoms with van der Waals surface area (Å²) in [7, 11) is 3.23. The molecule has 6 heteroatoms. The van der Waals surface area contributed by atoms with Crippen LogP contribution in [0.3, 0.4) is 0 Å². The van der Waals surface area contributed by atoms with Crippen LogP contribution in [0.25, 0.3) is 0 Å². The summed E-state index contributed by atoms with van der Waals surface area (Å²) in [6, 6.07) is 13.5. The van der Waals surface area contributed by atoms with Gasteiger partial charge in [0.15, 0.2) is 11.5 Å². The fourth-order valence-electron chi connectivity index (χ4n) is 2.68. The lowest BCUT2D eigenvalue weighted by molar-refractivity contribution is -0.134. The third-order valence-electron chi connectivity index (χ3n) is 4.08. The first-order valence-electron chi connectivity index (χ1n) is 8.44. The Morgan fingerprint density at radius 2 is 1.73 bits per heavy atom. The number of aryl methyl sites for hydroxylation is 1. The number of carbonyl (C=O) groups excluding carboxylic acids is 1. The van der Waals surface area contributed by atoms with Gasteiger partial charge in [0.2, 0.25) is 0 Å². The van der Waals surface area contributed by atoms with E-state index in [2.05, 4.69) is 0 Å². The van der Waals surface area contributed by atoms with E-state index in [-0.39, 0.29) is 5.97 Å². The Hall–Kier alpha value is -1.79. The fourth-order valence-corrected chi connectivity index (χ4v) is 5.52. The summed E-state index contributed by atoms with van der Waals surface area (Å²) < 4.78 is 16.5. The molecule has 0 amide bonds. The lowest BCUT2D eigenvalue weighted by Crippen LogP contribution is -2.10. The molecule has 1 aliphatic heterocycles. The maximum absolute atomic E-state index is 12.2. The van der Waals surface area contributed by atoms with Gasteiger partial charge in [-0.2, -0.15) is 0 Å². The molecule has 0 spiro atoms. The molecular weight excluding hydrogens is 368 g/mol. The molecule has 0 saturated carbocycles. The molecule has 1 heterocycles. The maximum Gasteiger partial charge on any atom is 0.311 e. The van der Waals surface area contributed by atoms with Crippen LogP contribution in [0.4, 0.5) is 0 Å². The molecular formula is C20H22O4S2. The highest BCUT2D eigenvalue weighted by atomic mass is 32.2. The van der Waals surface area contributed by atoms with Crippen molar-refractivity contribution in [3.63, 3.8) is 0 Å². The number of carbonyl (C=O) groups is 1. The van der Waals surface area contributed by atoms with Gasteiger partial charge in [0.1, 0.15) is 5.75 Å². The lowest BCUT2D eigenvalue weighted by Gasteiger charge is -2.13. The van der Waals surface area contributed by atoms with Gasteiger partial charge in [-0.15, -0.1) is 23.5 Å². The van der Waals surface area contributed by atoms with Gasteiger partial charge in [0, 0.05) is 17.9 Å². The number of hydrogen-bond donors (Lipinski definition) is 0. The Labute approximate surface area is 162 Å². The molecule has 3 rings (SSSR count). The summed E-state index contributed by atoms with van der Waals surface area (Å²) in [5.41, 5.74) is 2.27. The van der Waals surface area contributed by atoms with Crippen molar-refractivity contribution in [2.45, 2.75) is 17.4 Å². The second-order valence-electron chi connectivity index (χ2n) is 5.81. The molecule has 0 N–H and O–H groups in total. The van der Waals surface area contributed by atoms with Crippen molar-refractivity contribution in [2.75, 3.05) is 25.7 Å². The number of esters is 1. The minimum Gasteiger partial charge on any atom is -0.497 e. The van der Waals surface area contributed by atoms with Crippen LogP contribution >= 0.6 is 23.5 Å². The topological polar surface area (TPSA) is 44.8 Å². The van der Waals surface area contributed by atoms with Crippen molar-refractivity contribution in [1.82, 2.24) is 0 Å². The molecule has 0 bridgehead atoms. The Morgan fingerprint density at radius 1 is 1.00 bits per heavy atom. The maximum atomic E-state index is 12.2. The van der Waals surface area contributed by atoms with Gasteiger partial charge in [0.25, 0.3) is 0 Å². The molecule has 138 valence electrons. The predicted molar refractivity (Wildman–Crippen MR) is 108 cm³/mol. The smallest absolute Gasteiger partial charge is 0.311 e. The summed E-state index contributed by atoms with van der Waals surface area (Å²) >= 11 is 3.87. The molecule has 4 nitrogen and oxygen atoms in total. The first-order chi connectivity index (χ1) is 12.7. The molecule has 1 aliphatic rings. The van der Waals surface area contributed by atoms with Crippen LogP contribution in [-0.4, -0.2) is 31.7 Å². The third kappa shape index (κ3) is 4.89. The second kappa shape index (κ2) is 9.24. The van der Waals surface area contributed by atoms with Gasteiger partial charge in [0.05, 0.1) is 18.8 Å². The molecule has 0 aromatic heterocycles. The Morgan fingerprint density at radius 3 is 2.38 bits per heavy atom. The van der Waals surface area contributed by atoms with E-state index in [9.17, 15) is 4.79 Å². The predicted octanol–water partition coefficient (Wildman–Crippen LogP) is 4.72. The Balaban J connectivity index is 1.59. The molecule has 2 aromatic carbocycles. The first-order valence-corrected chi connectivity index (χ1v) is 10.5. The average molecular weight is 391 g/mol. The Bertz CT molecular complexity index is 740. The fraction of sp³-hybridized carbons (Fsp3) is 0.350. The van der Waals surface area contributed by atoms with E-state index in [1.165, 1.54) is 17.1 Å². The standard InChI is InChI=1S/C20H22O4S2/c1-22-16-7-3-14(4-8-16)5-10-19(21)24-17-9-6-15(13-18(17)23-2)20-25-11-12-26-20/h3-4,6-9,13,20H,5,10-12H2,1-2H3. The van der Waals surface area contributed by atoms with Gasteiger partial charge in [-0.3, -0.25) is 4.79 Å². The molecule has 2 aromatic rings. The van der Waals surface area contributed by atoms with Crippen LogP contribution in [0.15, 0.2) is 42.5 Å². The normalized spacial score (nSPS) is 14.2. The van der Waals surface area contributed by atoms with E-state index in [1.54, 1.807) is 14.2 Å². The van der Waals surface area contributed by atoms with Crippen molar-refractivity contribution in [3.8, 4) is 17.2 Å². The van der Waals surface area contributed by atoms with E-state index >= 15 is 0 Å². The minimum atomic E-state index is -0.267. The third-order valence-corrected chi connectivity index (χ3v) is 7.19.